The van der Waals surface area contributed by atoms with E-state index in [0.29, 0.717) is 30.0 Å². The molecule has 3 N–H and O–H groups in total. The molecule has 0 amide bonds. The van der Waals surface area contributed by atoms with Gasteiger partial charge in [0.15, 0.2) is 5.96 Å². The van der Waals surface area contributed by atoms with Crippen molar-refractivity contribution in [1.29, 1.82) is 0 Å². The standard InChI is InChI=1S/C12H25N3O/c1-8(2)6-14-12(13)15-7-11-5-9(3)16-10(11)4/h8-11H,5-7H2,1-4H3,(H3,13,14,15). The fourth-order valence-corrected chi connectivity index (χ4v) is 1.97. The molecule has 1 rings (SSSR count). The van der Waals surface area contributed by atoms with Crippen LogP contribution < -0.4 is 11.1 Å². The first kappa shape index (κ1) is 13.3. The summed E-state index contributed by atoms with van der Waals surface area (Å²) >= 11 is 0. The minimum atomic E-state index is 0.320. The molecular formula is C12H25N3O. The molecule has 0 spiro atoms. The molecule has 4 nitrogen and oxygen atoms in total. The van der Waals surface area contributed by atoms with Crippen LogP contribution in [-0.4, -0.2) is 31.3 Å². The molecule has 0 bridgehead atoms. The summed E-state index contributed by atoms with van der Waals surface area (Å²) in [5.41, 5.74) is 5.78. The van der Waals surface area contributed by atoms with Crippen LogP contribution in [0.15, 0.2) is 4.99 Å². The molecule has 1 saturated heterocycles. The Hall–Kier alpha value is -0.770. The third kappa shape index (κ3) is 4.39. The summed E-state index contributed by atoms with van der Waals surface area (Å²) in [6.45, 7) is 10.1. The molecule has 0 aromatic carbocycles. The highest BCUT2D eigenvalue weighted by molar-refractivity contribution is 5.77. The van der Waals surface area contributed by atoms with E-state index in [1.807, 2.05) is 0 Å². The van der Waals surface area contributed by atoms with Gasteiger partial charge in [-0.3, -0.25) is 4.99 Å². The van der Waals surface area contributed by atoms with Crippen molar-refractivity contribution in [2.75, 3.05) is 13.1 Å². The maximum atomic E-state index is 5.78. The van der Waals surface area contributed by atoms with Crippen LogP contribution in [0.2, 0.25) is 0 Å². The Labute approximate surface area is 98.6 Å². The zero-order valence-corrected chi connectivity index (χ0v) is 10.9. The molecule has 0 aromatic heterocycles. The van der Waals surface area contributed by atoms with Crippen molar-refractivity contribution in [3.63, 3.8) is 0 Å². The number of nitrogens with zero attached hydrogens (tertiary/aromatic N) is 1. The second-order valence-electron chi connectivity index (χ2n) is 5.15. The van der Waals surface area contributed by atoms with Crippen LogP contribution >= 0.6 is 0 Å². The van der Waals surface area contributed by atoms with Gasteiger partial charge in [-0.2, -0.15) is 0 Å². The fraction of sp³-hybridized carbons (Fsp3) is 0.917. The molecule has 0 saturated carbocycles. The van der Waals surface area contributed by atoms with E-state index in [1.165, 1.54) is 0 Å². The van der Waals surface area contributed by atoms with Crippen LogP contribution in [-0.2, 0) is 4.74 Å². The lowest BCUT2D eigenvalue weighted by Crippen LogP contribution is -2.37. The predicted molar refractivity (Wildman–Crippen MR) is 67.4 cm³/mol. The van der Waals surface area contributed by atoms with E-state index < -0.39 is 0 Å². The van der Waals surface area contributed by atoms with Gasteiger partial charge < -0.3 is 15.8 Å². The summed E-state index contributed by atoms with van der Waals surface area (Å²) < 4.78 is 5.68. The third-order valence-corrected chi connectivity index (χ3v) is 2.92. The Kier molecular flexibility index (Phi) is 5.06. The number of hydrogen-bond acceptors (Lipinski definition) is 2. The molecule has 4 heteroatoms. The van der Waals surface area contributed by atoms with Crippen molar-refractivity contribution < 1.29 is 4.74 Å². The van der Waals surface area contributed by atoms with Gasteiger partial charge in [-0.1, -0.05) is 13.8 Å². The molecule has 0 radical (unpaired) electrons. The lowest BCUT2D eigenvalue weighted by Gasteiger charge is -2.15. The monoisotopic (exact) mass is 227 g/mol. The molecule has 1 aliphatic rings. The third-order valence-electron chi connectivity index (χ3n) is 2.92. The van der Waals surface area contributed by atoms with Crippen molar-refractivity contribution in [2.45, 2.75) is 46.3 Å². The van der Waals surface area contributed by atoms with Crippen molar-refractivity contribution >= 4 is 5.96 Å². The Morgan fingerprint density at radius 1 is 1.50 bits per heavy atom. The lowest BCUT2D eigenvalue weighted by molar-refractivity contribution is 0.0565. The molecule has 1 heterocycles. The summed E-state index contributed by atoms with van der Waals surface area (Å²) in [6.07, 6.45) is 1.79. The predicted octanol–water partition coefficient (Wildman–Crippen LogP) is 1.36. The molecule has 3 unspecified atom stereocenters. The van der Waals surface area contributed by atoms with Gasteiger partial charge in [-0.05, 0) is 26.2 Å². The number of aliphatic imine (C=N–C) groups is 1. The van der Waals surface area contributed by atoms with Gasteiger partial charge in [0.1, 0.15) is 0 Å². The van der Waals surface area contributed by atoms with Gasteiger partial charge in [0.25, 0.3) is 0 Å². The van der Waals surface area contributed by atoms with E-state index in [9.17, 15) is 0 Å². The minimum absolute atomic E-state index is 0.320. The highest BCUT2D eigenvalue weighted by atomic mass is 16.5. The Bertz CT molecular complexity index is 240. The maximum absolute atomic E-state index is 5.78. The molecule has 0 aliphatic carbocycles. The number of nitrogens with two attached hydrogens (primary N) is 1. The molecule has 94 valence electrons. The minimum Gasteiger partial charge on any atom is -0.375 e. The topological polar surface area (TPSA) is 59.6 Å². The first-order valence-corrected chi connectivity index (χ1v) is 6.18. The first-order chi connectivity index (χ1) is 7.49. The smallest absolute Gasteiger partial charge is 0.188 e. The van der Waals surface area contributed by atoms with Gasteiger partial charge in [-0.25, -0.2) is 0 Å². The number of guanidine groups is 1. The quantitative estimate of drug-likeness (QED) is 0.563. The number of nitrogens with one attached hydrogen (secondary N) is 1. The number of rotatable bonds is 4. The molecule has 0 aromatic rings. The van der Waals surface area contributed by atoms with Gasteiger partial charge in [0, 0.05) is 19.0 Å². The molecular weight excluding hydrogens is 202 g/mol. The first-order valence-electron chi connectivity index (χ1n) is 6.18. The van der Waals surface area contributed by atoms with Crippen LogP contribution in [0.25, 0.3) is 0 Å². The fourth-order valence-electron chi connectivity index (χ4n) is 1.97. The zero-order chi connectivity index (χ0) is 12.1. The van der Waals surface area contributed by atoms with Crippen LogP contribution in [0, 0.1) is 11.8 Å². The van der Waals surface area contributed by atoms with E-state index in [2.05, 4.69) is 38.0 Å². The summed E-state index contributed by atoms with van der Waals surface area (Å²) in [7, 11) is 0. The second-order valence-corrected chi connectivity index (χ2v) is 5.15. The normalized spacial score (nSPS) is 31.1. The summed E-state index contributed by atoms with van der Waals surface area (Å²) in [5.74, 6) is 1.65. The van der Waals surface area contributed by atoms with Crippen LogP contribution in [0.5, 0.6) is 0 Å². The number of ether oxygens (including phenoxy) is 1. The molecule has 1 aliphatic heterocycles. The highest BCUT2D eigenvalue weighted by Gasteiger charge is 2.29. The second kappa shape index (κ2) is 6.09. The van der Waals surface area contributed by atoms with Crippen LogP contribution in [0.1, 0.15) is 34.1 Å². The van der Waals surface area contributed by atoms with E-state index in [4.69, 9.17) is 10.5 Å². The lowest BCUT2D eigenvalue weighted by atomic mass is 10.0. The Balaban J connectivity index is 2.26. The van der Waals surface area contributed by atoms with E-state index >= 15 is 0 Å². The Morgan fingerprint density at radius 3 is 2.69 bits per heavy atom. The summed E-state index contributed by atoms with van der Waals surface area (Å²) in [4.78, 5) is 4.27. The number of hydrogen-bond donors (Lipinski definition) is 2. The van der Waals surface area contributed by atoms with Crippen LogP contribution in [0.3, 0.4) is 0 Å². The van der Waals surface area contributed by atoms with E-state index in [1.54, 1.807) is 0 Å². The van der Waals surface area contributed by atoms with Crippen molar-refractivity contribution in [3.05, 3.63) is 0 Å². The SMILES string of the molecule is CC(C)CN=C(N)NCC1CC(C)OC1C. The largest absolute Gasteiger partial charge is 0.375 e. The average Bonchev–Trinajstić information content (AvgIpc) is 2.51. The average molecular weight is 227 g/mol. The van der Waals surface area contributed by atoms with E-state index in [-0.39, 0.29) is 0 Å². The van der Waals surface area contributed by atoms with Gasteiger partial charge in [-0.15, -0.1) is 0 Å². The highest BCUT2D eigenvalue weighted by Crippen LogP contribution is 2.24. The van der Waals surface area contributed by atoms with Crippen LogP contribution in [0.4, 0.5) is 0 Å². The van der Waals surface area contributed by atoms with Crippen molar-refractivity contribution in [1.82, 2.24) is 5.32 Å². The van der Waals surface area contributed by atoms with Gasteiger partial charge >= 0.3 is 0 Å². The van der Waals surface area contributed by atoms with Gasteiger partial charge in [0.05, 0.1) is 12.2 Å². The van der Waals surface area contributed by atoms with Crippen molar-refractivity contribution in [2.24, 2.45) is 22.6 Å². The summed E-state index contributed by atoms with van der Waals surface area (Å²) in [6, 6.07) is 0. The summed E-state index contributed by atoms with van der Waals surface area (Å²) in [5, 5.41) is 3.18. The zero-order valence-electron chi connectivity index (χ0n) is 10.9. The molecule has 1 fully saturated rings. The molecule has 3 atom stereocenters. The maximum Gasteiger partial charge on any atom is 0.188 e. The van der Waals surface area contributed by atoms with Gasteiger partial charge in [0.2, 0.25) is 0 Å². The Morgan fingerprint density at radius 2 is 2.19 bits per heavy atom. The van der Waals surface area contributed by atoms with E-state index in [0.717, 1.165) is 19.5 Å². The van der Waals surface area contributed by atoms with Crippen molar-refractivity contribution in [3.8, 4) is 0 Å². The molecule has 16 heavy (non-hydrogen) atoms.